The van der Waals surface area contributed by atoms with Gasteiger partial charge in [-0.25, -0.2) is 0 Å². The van der Waals surface area contributed by atoms with Crippen molar-refractivity contribution >= 4 is 23.4 Å². The number of carbonyl (C=O) groups is 1. The van der Waals surface area contributed by atoms with Crippen LogP contribution in [0.4, 0.5) is 5.69 Å². The molecule has 1 heterocycles. The molecule has 0 aliphatic carbocycles. The SMILES string of the molecule is CCc1ccccc1NC(=O)CSc1nnc([C@@H](C)Oc2ccccc2)n1CC. The van der Waals surface area contributed by atoms with E-state index in [1.165, 1.54) is 11.8 Å². The molecule has 2 aromatic carbocycles. The Morgan fingerprint density at radius 3 is 2.55 bits per heavy atom. The van der Waals surface area contributed by atoms with Gasteiger partial charge in [-0.3, -0.25) is 4.79 Å². The molecule has 0 saturated carbocycles. The number of para-hydroxylation sites is 2. The molecule has 1 atom stereocenters. The van der Waals surface area contributed by atoms with E-state index in [1.807, 2.05) is 73.0 Å². The topological polar surface area (TPSA) is 69.0 Å². The van der Waals surface area contributed by atoms with E-state index < -0.39 is 0 Å². The number of nitrogens with zero attached hydrogens (tertiary/aromatic N) is 3. The van der Waals surface area contributed by atoms with E-state index in [1.54, 1.807) is 0 Å². The minimum atomic E-state index is -0.246. The molecule has 0 spiro atoms. The molecule has 1 aromatic heterocycles. The van der Waals surface area contributed by atoms with Gasteiger partial charge in [0.05, 0.1) is 5.75 Å². The third kappa shape index (κ3) is 5.38. The zero-order valence-electron chi connectivity index (χ0n) is 17.0. The molecular formula is C22H26N4O2S. The van der Waals surface area contributed by atoms with Crippen molar-refractivity contribution in [3.8, 4) is 5.75 Å². The van der Waals surface area contributed by atoms with E-state index in [-0.39, 0.29) is 17.8 Å². The van der Waals surface area contributed by atoms with Crippen LogP contribution in [0.2, 0.25) is 0 Å². The number of ether oxygens (including phenoxy) is 1. The summed E-state index contributed by atoms with van der Waals surface area (Å²) in [7, 11) is 0. The first-order valence-electron chi connectivity index (χ1n) is 9.77. The van der Waals surface area contributed by atoms with Gasteiger partial charge in [0.2, 0.25) is 5.91 Å². The van der Waals surface area contributed by atoms with Crippen molar-refractivity contribution in [2.75, 3.05) is 11.1 Å². The van der Waals surface area contributed by atoms with Crippen LogP contribution in [0, 0.1) is 0 Å². The molecule has 6 nitrogen and oxygen atoms in total. The van der Waals surface area contributed by atoms with E-state index in [2.05, 4.69) is 22.4 Å². The zero-order valence-corrected chi connectivity index (χ0v) is 17.8. The van der Waals surface area contributed by atoms with Gasteiger partial charge in [0.1, 0.15) is 5.75 Å². The van der Waals surface area contributed by atoms with E-state index in [9.17, 15) is 4.79 Å². The van der Waals surface area contributed by atoms with Crippen molar-refractivity contribution in [2.24, 2.45) is 0 Å². The van der Waals surface area contributed by atoms with Gasteiger partial charge in [0.15, 0.2) is 17.1 Å². The quantitative estimate of drug-likeness (QED) is 0.517. The van der Waals surface area contributed by atoms with Gasteiger partial charge in [0.25, 0.3) is 0 Å². The minimum absolute atomic E-state index is 0.0586. The molecule has 1 amide bonds. The number of amides is 1. The first-order chi connectivity index (χ1) is 14.1. The van der Waals surface area contributed by atoms with Crippen LogP contribution in [0.3, 0.4) is 0 Å². The van der Waals surface area contributed by atoms with Gasteiger partial charge in [-0.15, -0.1) is 10.2 Å². The second kappa shape index (κ2) is 10.1. The molecule has 3 rings (SSSR count). The highest BCUT2D eigenvalue weighted by atomic mass is 32.2. The average molecular weight is 411 g/mol. The Balaban J connectivity index is 1.63. The number of nitrogens with one attached hydrogen (secondary N) is 1. The van der Waals surface area contributed by atoms with Gasteiger partial charge in [-0.2, -0.15) is 0 Å². The summed E-state index contributed by atoms with van der Waals surface area (Å²) in [4.78, 5) is 12.4. The van der Waals surface area contributed by atoms with Crippen molar-refractivity contribution in [3.05, 3.63) is 66.0 Å². The third-order valence-electron chi connectivity index (χ3n) is 4.49. The molecule has 0 radical (unpaired) electrons. The van der Waals surface area contributed by atoms with Gasteiger partial charge in [-0.1, -0.05) is 55.1 Å². The van der Waals surface area contributed by atoms with Gasteiger partial charge in [-0.05, 0) is 44.0 Å². The summed E-state index contributed by atoms with van der Waals surface area (Å²) in [6.07, 6.45) is 0.626. The van der Waals surface area contributed by atoms with Crippen molar-refractivity contribution in [3.63, 3.8) is 0 Å². The summed E-state index contributed by atoms with van der Waals surface area (Å²) in [5.41, 5.74) is 1.99. The second-order valence-electron chi connectivity index (χ2n) is 6.51. The van der Waals surface area contributed by atoms with E-state index in [0.717, 1.165) is 29.2 Å². The highest BCUT2D eigenvalue weighted by molar-refractivity contribution is 7.99. The van der Waals surface area contributed by atoms with Crippen molar-refractivity contribution in [1.29, 1.82) is 0 Å². The summed E-state index contributed by atoms with van der Waals surface area (Å²) in [5.74, 6) is 1.74. The molecule has 152 valence electrons. The van der Waals surface area contributed by atoms with Crippen molar-refractivity contribution < 1.29 is 9.53 Å². The van der Waals surface area contributed by atoms with Crippen LogP contribution in [0.15, 0.2) is 59.8 Å². The molecular weight excluding hydrogens is 384 g/mol. The minimum Gasteiger partial charge on any atom is -0.483 e. The lowest BCUT2D eigenvalue weighted by molar-refractivity contribution is -0.113. The standard InChI is InChI=1S/C22H26N4O2S/c1-4-17-11-9-10-14-19(17)23-20(27)15-29-22-25-24-21(26(22)5-2)16(3)28-18-12-7-6-8-13-18/h6-14,16H,4-5,15H2,1-3H3,(H,23,27)/t16-/m1/s1. The molecule has 29 heavy (non-hydrogen) atoms. The Kier molecular flexibility index (Phi) is 7.30. The van der Waals surface area contributed by atoms with Crippen LogP contribution in [0.5, 0.6) is 5.75 Å². The molecule has 0 unspecified atom stereocenters. The summed E-state index contributed by atoms with van der Waals surface area (Å²) < 4.78 is 7.97. The Morgan fingerprint density at radius 1 is 1.10 bits per heavy atom. The van der Waals surface area contributed by atoms with Crippen LogP contribution in [-0.2, 0) is 17.8 Å². The van der Waals surface area contributed by atoms with Crippen LogP contribution in [0.1, 0.15) is 38.3 Å². The van der Waals surface area contributed by atoms with Crippen LogP contribution < -0.4 is 10.1 Å². The van der Waals surface area contributed by atoms with Crippen LogP contribution >= 0.6 is 11.8 Å². The largest absolute Gasteiger partial charge is 0.483 e. The van der Waals surface area contributed by atoms with E-state index >= 15 is 0 Å². The number of hydrogen-bond acceptors (Lipinski definition) is 5. The molecule has 1 N–H and O–H groups in total. The molecule has 0 aliphatic rings. The number of thioether (sulfide) groups is 1. The predicted octanol–water partition coefficient (Wildman–Crippen LogP) is 4.73. The highest BCUT2D eigenvalue weighted by Gasteiger charge is 2.19. The van der Waals surface area contributed by atoms with Crippen molar-refractivity contribution in [1.82, 2.24) is 14.8 Å². The zero-order chi connectivity index (χ0) is 20.6. The number of benzene rings is 2. The molecule has 0 fully saturated rings. The van der Waals surface area contributed by atoms with Crippen LogP contribution in [-0.4, -0.2) is 26.4 Å². The molecule has 7 heteroatoms. The summed E-state index contributed by atoms with van der Waals surface area (Å²) >= 11 is 1.38. The number of anilines is 1. The average Bonchev–Trinajstić information content (AvgIpc) is 3.16. The van der Waals surface area contributed by atoms with Crippen molar-refractivity contribution in [2.45, 2.75) is 45.0 Å². The predicted molar refractivity (Wildman–Crippen MR) is 116 cm³/mol. The Labute approximate surface area is 175 Å². The normalized spacial score (nSPS) is 11.8. The molecule has 0 bridgehead atoms. The summed E-state index contributed by atoms with van der Waals surface area (Å²) in [5, 5.41) is 12.3. The molecule has 3 aromatic rings. The first kappa shape index (κ1) is 20.9. The summed E-state index contributed by atoms with van der Waals surface area (Å²) in [6, 6.07) is 17.5. The molecule has 0 aliphatic heterocycles. The fraction of sp³-hybridized carbons (Fsp3) is 0.318. The van der Waals surface area contributed by atoms with E-state index in [4.69, 9.17) is 4.74 Å². The summed E-state index contributed by atoms with van der Waals surface area (Å²) in [6.45, 7) is 6.76. The van der Waals surface area contributed by atoms with Gasteiger partial charge < -0.3 is 14.6 Å². The fourth-order valence-electron chi connectivity index (χ4n) is 3.03. The Bertz CT molecular complexity index is 943. The number of rotatable bonds is 9. The maximum absolute atomic E-state index is 12.4. The van der Waals surface area contributed by atoms with Gasteiger partial charge in [0, 0.05) is 12.2 Å². The Hall–Kier alpha value is -2.80. The Morgan fingerprint density at radius 2 is 1.83 bits per heavy atom. The van der Waals surface area contributed by atoms with E-state index in [0.29, 0.717) is 11.7 Å². The fourth-order valence-corrected chi connectivity index (χ4v) is 3.84. The lowest BCUT2D eigenvalue weighted by atomic mass is 10.1. The highest BCUT2D eigenvalue weighted by Crippen LogP contribution is 2.25. The second-order valence-corrected chi connectivity index (χ2v) is 7.45. The molecule has 0 saturated heterocycles. The third-order valence-corrected chi connectivity index (χ3v) is 5.45. The number of carbonyl (C=O) groups excluding carboxylic acids is 1. The maximum atomic E-state index is 12.4. The smallest absolute Gasteiger partial charge is 0.234 e. The monoisotopic (exact) mass is 410 g/mol. The first-order valence-corrected chi connectivity index (χ1v) is 10.8. The van der Waals surface area contributed by atoms with Gasteiger partial charge >= 0.3 is 0 Å². The number of aryl methyl sites for hydroxylation is 1. The lowest BCUT2D eigenvalue weighted by Crippen LogP contribution is -2.16. The number of aromatic nitrogens is 3. The maximum Gasteiger partial charge on any atom is 0.234 e. The van der Waals surface area contributed by atoms with Crippen LogP contribution in [0.25, 0.3) is 0 Å². The lowest BCUT2D eigenvalue weighted by Gasteiger charge is -2.15. The number of hydrogen-bond donors (Lipinski definition) is 1.